The highest BCUT2D eigenvalue weighted by Gasteiger charge is 2.25. The van der Waals surface area contributed by atoms with Crippen LogP contribution in [0.1, 0.15) is 25.7 Å². The van der Waals surface area contributed by atoms with Crippen molar-refractivity contribution < 1.29 is 14.3 Å². The van der Waals surface area contributed by atoms with Crippen LogP contribution < -0.4 is 5.56 Å². The maximum absolute atomic E-state index is 12.3. The van der Waals surface area contributed by atoms with Gasteiger partial charge in [-0.1, -0.05) is 12.1 Å². The van der Waals surface area contributed by atoms with Gasteiger partial charge in [0, 0.05) is 6.42 Å². The van der Waals surface area contributed by atoms with Gasteiger partial charge in [-0.2, -0.15) is 0 Å². The lowest BCUT2D eigenvalue weighted by atomic mass is 9.96. The second-order valence-corrected chi connectivity index (χ2v) is 5.39. The first-order chi connectivity index (χ1) is 10.6. The molecule has 114 valence electrons. The van der Waals surface area contributed by atoms with E-state index in [1.54, 1.807) is 24.3 Å². The molecule has 0 N–H and O–H groups in total. The zero-order valence-electron chi connectivity index (χ0n) is 12.0. The fourth-order valence-electron chi connectivity index (χ4n) is 2.63. The Morgan fingerprint density at radius 2 is 2.09 bits per heavy atom. The number of carbonyl (C=O) groups excluding carboxylic acids is 2. The minimum Gasteiger partial charge on any atom is -0.453 e. The van der Waals surface area contributed by atoms with E-state index in [4.69, 9.17) is 4.74 Å². The van der Waals surface area contributed by atoms with Crippen LogP contribution in [0.4, 0.5) is 0 Å². The average Bonchev–Trinajstić information content (AvgIpc) is 2.53. The van der Waals surface area contributed by atoms with E-state index >= 15 is 0 Å². The van der Waals surface area contributed by atoms with Crippen LogP contribution in [0.3, 0.4) is 0 Å². The zero-order chi connectivity index (χ0) is 15.5. The summed E-state index contributed by atoms with van der Waals surface area (Å²) in [4.78, 5) is 40.0. The summed E-state index contributed by atoms with van der Waals surface area (Å²) >= 11 is 0. The molecular formula is C16H16N2O4. The predicted octanol–water partition coefficient (Wildman–Crippen LogP) is 1.45. The lowest BCUT2D eigenvalue weighted by Crippen LogP contribution is -2.33. The van der Waals surface area contributed by atoms with Crippen molar-refractivity contribution in [2.24, 2.45) is 0 Å². The quantitative estimate of drug-likeness (QED) is 0.802. The maximum Gasteiger partial charge on any atom is 0.326 e. The molecule has 3 rings (SSSR count). The lowest BCUT2D eigenvalue weighted by Gasteiger charge is -2.20. The predicted molar refractivity (Wildman–Crippen MR) is 79.4 cm³/mol. The highest BCUT2D eigenvalue weighted by atomic mass is 16.5. The first kappa shape index (κ1) is 14.4. The maximum atomic E-state index is 12.3. The van der Waals surface area contributed by atoms with Crippen molar-refractivity contribution in [3.05, 3.63) is 40.9 Å². The van der Waals surface area contributed by atoms with E-state index in [1.807, 2.05) is 0 Å². The molecule has 0 bridgehead atoms. The Labute approximate surface area is 126 Å². The topological polar surface area (TPSA) is 78.3 Å². The number of fused-ring (bicyclic) bond motifs is 1. The summed E-state index contributed by atoms with van der Waals surface area (Å²) in [6.07, 6.45) is 3.41. The van der Waals surface area contributed by atoms with Gasteiger partial charge in [-0.3, -0.25) is 19.0 Å². The number of aromatic nitrogens is 2. The molecule has 0 unspecified atom stereocenters. The van der Waals surface area contributed by atoms with Gasteiger partial charge in [0.25, 0.3) is 5.56 Å². The van der Waals surface area contributed by atoms with Crippen molar-refractivity contribution in [3.8, 4) is 0 Å². The fourth-order valence-corrected chi connectivity index (χ4v) is 2.63. The largest absolute Gasteiger partial charge is 0.453 e. The fraction of sp³-hybridized carbons (Fsp3) is 0.375. The van der Waals surface area contributed by atoms with E-state index in [2.05, 4.69) is 4.98 Å². The molecule has 1 saturated carbocycles. The Morgan fingerprint density at radius 1 is 1.27 bits per heavy atom. The Hall–Kier alpha value is -2.50. The van der Waals surface area contributed by atoms with Gasteiger partial charge in [0.2, 0.25) is 0 Å². The number of nitrogens with zero attached hydrogens (tertiary/aromatic N) is 2. The molecule has 1 atom stereocenters. The number of esters is 1. The van der Waals surface area contributed by atoms with Gasteiger partial charge in [0.05, 0.1) is 17.2 Å². The standard InChI is InChI=1S/C16H16N2O4/c19-13-7-3-4-8-14(13)22-15(20)9-18-10-17-12-6-2-1-5-11(12)16(18)21/h1-2,5-6,10,14H,3-4,7-9H2/t14-/m1/s1. The van der Waals surface area contributed by atoms with Gasteiger partial charge >= 0.3 is 5.97 Å². The van der Waals surface area contributed by atoms with Gasteiger partial charge in [-0.25, -0.2) is 4.98 Å². The van der Waals surface area contributed by atoms with E-state index in [0.29, 0.717) is 23.7 Å². The van der Waals surface area contributed by atoms with Crippen molar-refractivity contribution in [3.63, 3.8) is 0 Å². The summed E-state index contributed by atoms with van der Waals surface area (Å²) in [6, 6.07) is 6.94. The van der Waals surface area contributed by atoms with E-state index in [0.717, 1.165) is 12.8 Å². The van der Waals surface area contributed by atoms with Crippen molar-refractivity contribution in [2.45, 2.75) is 38.3 Å². The van der Waals surface area contributed by atoms with Crippen LogP contribution in [0, 0.1) is 0 Å². The van der Waals surface area contributed by atoms with Gasteiger partial charge in [0.1, 0.15) is 6.54 Å². The molecule has 0 radical (unpaired) electrons. The third-order valence-electron chi connectivity index (χ3n) is 3.80. The van der Waals surface area contributed by atoms with Crippen LogP contribution in [0.5, 0.6) is 0 Å². The molecule has 0 saturated heterocycles. The number of carbonyl (C=O) groups is 2. The molecule has 0 spiro atoms. The van der Waals surface area contributed by atoms with Crippen LogP contribution >= 0.6 is 0 Å². The Bertz CT molecular complexity index is 781. The van der Waals surface area contributed by atoms with Crippen molar-refractivity contribution in [2.75, 3.05) is 0 Å². The van der Waals surface area contributed by atoms with Crippen molar-refractivity contribution in [1.29, 1.82) is 0 Å². The normalized spacial score (nSPS) is 18.4. The smallest absolute Gasteiger partial charge is 0.326 e. The molecule has 1 heterocycles. The number of Topliss-reactive ketones (excluding diaryl/α,β-unsaturated/α-hetero) is 1. The number of ether oxygens (including phenoxy) is 1. The van der Waals surface area contributed by atoms with Crippen LogP contribution in [0.25, 0.3) is 10.9 Å². The summed E-state index contributed by atoms with van der Waals surface area (Å²) in [5.74, 6) is -0.622. The van der Waals surface area contributed by atoms with E-state index in [-0.39, 0.29) is 17.9 Å². The molecule has 6 heteroatoms. The van der Waals surface area contributed by atoms with Gasteiger partial charge in [-0.05, 0) is 31.4 Å². The molecule has 1 aliphatic carbocycles. The average molecular weight is 300 g/mol. The summed E-state index contributed by atoms with van der Waals surface area (Å²) in [5.41, 5.74) is 0.289. The number of benzene rings is 1. The SMILES string of the molecule is O=C(Cn1cnc2ccccc2c1=O)O[C@@H]1CCCCC1=O. The highest BCUT2D eigenvalue weighted by molar-refractivity contribution is 5.86. The minimum absolute atomic E-state index is 0.0383. The molecule has 1 aromatic carbocycles. The van der Waals surface area contributed by atoms with Crippen LogP contribution in [0.2, 0.25) is 0 Å². The molecule has 0 amide bonds. The zero-order valence-corrected chi connectivity index (χ0v) is 12.0. The number of ketones is 1. The summed E-state index contributed by atoms with van der Waals surface area (Å²) < 4.78 is 6.40. The van der Waals surface area contributed by atoms with E-state index in [1.165, 1.54) is 10.9 Å². The first-order valence-electron chi connectivity index (χ1n) is 7.31. The van der Waals surface area contributed by atoms with Gasteiger partial charge in [0.15, 0.2) is 11.9 Å². The number of hydrogen-bond acceptors (Lipinski definition) is 5. The van der Waals surface area contributed by atoms with E-state index in [9.17, 15) is 14.4 Å². The molecule has 1 aliphatic rings. The number of para-hydroxylation sites is 1. The van der Waals surface area contributed by atoms with Crippen LogP contribution in [0.15, 0.2) is 35.4 Å². The van der Waals surface area contributed by atoms with Crippen molar-refractivity contribution >= 4 is 22.7 Å². The third-order valence-corrected chi connectivity index (χ3v) is 3.80. The Balaban J connectivity index is 1.75. The molecule has 1 aromatic heterocycles. The summed E-state index contributed by atoms with van der Waals surface area (Å²) in [6.45, 7) is -0.236. The summed E-state index contributed by atoms with van der Waals surface area (Å²) in [5, 5.41) is 0.451. The number of hydrogen-bond donors (Lipinski definition) is 0. The lowest BCUT2D eigenvalue weighted by molar-refractivity contribution is -0.157. The summed E-state index contributed by atoms with van der Waals surface area (Å²) in [7, 11) is 0. The second-order valence-electron chi connectivity index (χ2n) is 5.39. The molecule has 2 aromatic rings. The third kappa shape index (κ3) is 2.90. The number of rotatable bonds is 3. The second kappa shape index (κ2) is 6.09. The molecule has 22 heavy (non-hydrogen) atoms. The first-order valence-corrected chi connectivity index (χ1v) is 7.31. The van der Waals surface area contributed by atoms with E-state index < -0.39 is 12.1 Å². The monoisotopic (exact) mass is 300 g/mol. The van der Waals surface area contributed by atoms with Crippen LogP contribution in [-0.4, -0.2) is 27.4 Å². The molecule has 0 aliphatic heterocycles. The molecular weight excluding hydrogens is 284 g/mol. The van der Waals surface area contributed by atoms with Crippen molar-refractivity contribution in [1.82, 2.24) is 9.55 Å². The van der Waals surface area contributed by atoms with Crippen LogP contribution in [-0.2, 0) is 20.9 Å². The van der Waals surface area contributed by atoms with Gasteiger partial charge < -0.3 is 4.74 Å². The Kier molecular flexibility index (Phi) is 4.00. The molecule has 6 nitrogen and oxygen atoms in total. The highest BCUT2D eigenvalue weighted by Crippen LogP contribution is 2.17. The molecule has 1 fully saturated rings. The van der Waals surface area contributed by atoms with Gasteiger partial charge in [-0.15, -0.1) is 0 Å². The minimum atomic E-state index is -0.662. The Morgan fingerprint density at radius 3 is 2.91 bits per heavy atom.